The van der Waals surface area contributed by atoms with Crippen LogP contribution in [-0.4, -0.2) is 19.7 Å². The van der Waals surface area contributed by atoms with E-state index in [-0.39, 0.29) is 16.5 Å². The third kappa shape index (κ3) is 1.54. The molecule has 5 nitrogen and oxygen atoms in total. The van der Waals surface area contributed by atoms with Gasteiger partial charge in [-0.15, -0.1) is 0 Å². The highest BCUT2D eigenvalue weighted by Gasteiger charge is 2.18. The van der Waals surface area contributed by atoms with Crippen molar-refractivity contribution in [3.63, 3.8) is 0 Å². The van der Waals surface area contributed by atoms with E-state index < -0.39 is 5.41 Å². The summed E-state index contributed by atoms with van der Waals surface area (Å²) >= 11 is 0. The molecule has 0 unspecified atom stereocenters. The molecule has 1 N–H and O–H groups in total. The number of aliphatic hydroxyl groups excluding tert-OH is 1. The van der Waals surface area contributed by atoms with Crippen LogP contribution in [0.4, 0.5) is 0 Å². The third-order valence-electron chi connectivity index (χ3n) is 2.34. The first-order valence-corrected chi connectivity index (χ1v) is 4.98. The van der Waals surface area contributed by atoms with Crippen LogP contribution in [0.15, 0.2) is 23.3 Å². The Morgan fingerprint density at radius 1 is 1.44 bits per heavy atom. The van der Waals surface area contributed by atoms with Crippen molar-refractivity contribution in [2.45, 2.75) is 20.8 Å². The van der Waals surface area contributed by atoms with Crippen molar-refractivity contribution in [3.8, 4) is 0 Å². The molecule has 5 heteroatoms. The molecule has 0 radical (unpaired) electrons. The van der Waals surface area contributed by atoms with Crippen LogP contribution < -0.4 is 10.8 Å². The summed E-state index contributed by atoms with van der Waals surface area (Å²) in [7, 11) is 0. The lowest BCUT2D eigenvalue weighted by Crippen LogP contribution is -2.36. The molecule has 0 spiro atoms. The van der Waals surface area contributed by atoms with Gasteiger partial charge in [-0.2, -0.15) is 9.61 Å². The predicted octanol–water partition coefficient (Wildman–Crippen LogP) is 0.521. The van der Waals surface area contributed by atoms with Crippen LogP contribution in [0.3, 0.4) is 0 Å². The molecule has 2 heterocycles. The quantitative estimate of drug-likeness (QED) is 0.701. The van der Waals surface area contributed by atoms with Crippen LogP contribution in [0, 0.1) is 5.41 Å². The second kappa shape index (κ2) is 3.30. The van der Waals surface area contributed by atoms with Gasteiger partial charge < -0.3 is 5.11 Å². The van der Waals surface area contributed by atoms with Gasteiger partial charge in [-0.3, -0.25) is 4.79 Å². The smallest absolute Gasteiger partial charge is 0.285 e. The van der Waals surface area contributed by atoms with Crippen LogP contribution >= 0.6 is 0 Å². The fourth-order valence-electron chi connectivity index (χ4n) is 1.42. The summed E-state index contributed by atoms with van der Waals surface area (Å²) in [4.78, 5) is 16.0. The second-order valence-electron chi connectivity index (χ2n) is 4.68. The molecule has 0 saturated carbocycles. The molecule has 2 rings (SSSR count). The van der Waals surface area contributed by atoms with Crippen molar-refractivity contribution in [3.05, 3.63) is 34.0 Å². The Labute approximate surface area is 92.0 Å². The lowest BCUT2D eigenvalue weighted by Gasteiger charge is -2.16. The summed E-state index contributed by atoms with van der Waals surface area (Å²) < 4.78 is 1.18. The van der Waals surface area contributed by atoms with Crippen LogP contribution in [0.25, 0.3) is 11.4 Å². The average molecular weight is 219 g/mol. The molecule has 0 atom stereocenters. The Morgan fingerprint density at radius 2 is 2.12 bits per heavy atom. The van der Waals surface area contributed by atoms with Gasteiger partial charge in [0, 0.05) is 17.7 Å². The van der Waals surface area contributed by atoms with Gasteiger partial charge in [-0.25, -0.2) is 4.98 Å². The lowest BCUT2D eigenvalue weighted by molar-refractivity contribution is 0.368. The summed E-state index contributed by atoms with van der Waals surface area (Å²) in [6.07, 6.45) is 2.89. The number of rotatable bonds is 0. The Bertz CT molecular complexity index is 637. The van der Waals surface area contributed by atoms with E-state index in [1.54, 1.807) is 6.07 Å². The van der Waals surface area contributed by atoms with Gasteiger partial charge in [0.25, 0.3) is 5.56 Å². The number of aliphatic hydroxyl groups is 1. The SMILES string of the molecule is CC(C)(C)/C(O)=c1\cnc2ccnn2c1=O. The first kappa shape index (κ1) is 10.6. The van der Waals surface area contributed by atoms with Crippen molar-refractivity contribution in [1.82, 2.24) is 14.6 Å². The molecular formula is C11H13N3O2. The zero-order valence-electron chi connectivity index (χ0n) is 9.43. The summed E-state index contributed by atoms with van der Waals surface area (Å²) in [6, 6.07) is 1.64. The summed E-state index contributed by atoms with van der Waals surface area (Å²) in [5.41, 5.74) is -0.348. The number of hydrogen-bond acceptors (Lipinski definition) is 4. The second-order valence-corrected chi connectivity index (χ2v) is 4.68. The molecule has 0 aromatic carbocycles. The fraction of sp³-hybridized carbons (Fsp3) is 0.364. The van der Waals surface area contributed by atoms with Gasteiger partial charge in [0.2, 0.25) is 0 Å². The van der Waals surface area contributed by atoms with Crippen molar-refractivity contribution >= 4 is 11.4 Å². The van der Waals surface area contributed by atoms with Gasteiger partial charge in [0.15, 0.2) is 5.65 Å². The van der Waals surface area contributed by atoms with Crippen molar-refractivity contribution < 1.29 is 5.11 Å². The van der Waals surface area contributed by atoms with E-state index in [1.807, 2.05) is 20.8 Å². The largest absolute Gasteiger partial charge is 0.511 e. The zero-order valence-corrected chi connectivity index (χ0v) is 9.43. The molecular weight excluding hydrogens is 206 g/mol. The number of nitrogens with zero attached hydrogens (tertiary/aromatic N) is 3. The standard InChI is InChI=1S/C11H13N3O2/c1-11(2,3)9(15)7-6-12-8-4-5-13-14(8)10(7)16/h4-6,15H,1-3H3/b9-7-. The van der Waals surface area contributed by atoms with Crippen LogP contribution in [0.2, 0.25) is 0 Å². The summed E-state index contributed by atoms with van der Waals surface area (Å²) in [6.45, 7) is 5.49. The van der Waals surface area contributed by atoms with E-state index in [4.69, 9.17) is 0 Å². The first-order chi connectivity index (χ1) is 7.41. The third-order valence-corrected chi connectivity index (χ3v) is 2.34. The first-order valence-electron chi connectivity index (χ1n) is 4.98. The van der Waals surface area contributed by atoms with Crippen LogP contribution in [0.1, 0.15) is 20.8 Å². The molecule has 2 aromatic rings. The van der Waals surface area contributed by atoms with Crippen molar-refractivity contribution in [2.24, 2.45) is 5.41 Å². The molecule has 84 valence electrons. The number of hydrogen-bond donors (Lipinski definition) is 1. The zero-order chi connectivity index (χ0) is 11.9. The molecule has 0 aliphatic carbocycles. The summed E-state index contributed by atoms with van der Waals surface area (Å²) in [5, 5.41) is 14.0. The van der Waals surface area contributed by atoms with Crippen molar-refractivity contribution in [2.75, 3.05) is 0 Å². The average Bonchev–Trinajstić information content (AvgIpc) is 2.64. The van der Waals surface area contributed by atoms with E-state index in [1.165, 1.54) is 16.9 Å². The highest BCUT2D eigenvalue weighted by molar-refractivity contribution is 5.42. The van der Waals surface area contributed by atoms with Crippen molar-refractivity contribution in [1.29, 1.82) is 0 Å². The van der Waals surface area contributed by atoms with E-state index in [9.17, 15) is 9.90 Å². The van der Waals surface area contributed by atoms with E-state index in [0.29, 0.717) is 5.65 Å². The molecule has 0 saturated heterocycles. The maximum absolute atomic E-state index is 12.0. The Hall–Kier alpha value is -1.91. The van der Waals surface area contributed by atoms with Crippen LogP contribution in [0.5, 0.6) is 0 Å². The highest BCUT2D eigenvalue weighted by atomic mass is 16.3. The van der Waals surface area contributed by atoms with Gasteiger partial charge in [-0.05, 0) is 0 Å². The van der Waals surface area contributed by atoms with Gasteiger partial charge >= 0.3 is 0 Å². The van der Waals surface area contributed by atoms with Gasteiger partial charge in [0.1, 0.15) is 5.76 Å². The van der Waals surface area contributed by atoms with Crippen LogP contribution in [-0.2, 0) is 0 Å². The molecule has 0 fully saturated rings. The minimum Gasteiger partial charge on any atom is -0.511 e. The molecule has 0 bridgehead atoms. The Balaban J connectivity index is 2.91. The molecule has 0 aliphatic heterocycles. The minimum atomic E-state index is -0.484. The fourth-order valence-corrected chi connectivity index (χ4v) is 1.42. The van der Waals surface area contributed by atoms with E-state index in [2.05, 4.69) is 10.1 Å². The van der Waals surface area contributed by atoms with E-state index in [0.717, 1.165) is 0 Å². The maximum atomic E-state index is 12.0. The monoisotopic (exact) mass is 219 g/mol. The van der Waals surface area contributed by atoms with E-state index >= 15 is 0 Å². The van der Waals surface area contributed by atoms with Gasteiger partial charge in [-0.1, -0.05) is 20.8 Å². The molecule has 2 aromatic heterocycles. The normalized spacial score (nSPS) is 14.2. The lowest BCUT2D eigenvalue weighted by atomic mass is 9.93. The number of fused-ring (bicyclic) bond motifs is 1. The highest BCUT2D eigenvalue weighted by Crippen LogP contribution is 2.21. The minimum absolute atomic E-state index is 0.0300. The molecule has 0 amide bonds. The van der Waals surface area contributed by atoms with Gasteiger partial charge in [0.05, 0.1) is 11.4 Å². The molecule has 16 heavy (non-hydrogen) atoms. The topological polar surface area (TPSA) is 67.5 Å². The summed E-state index contributed by atoms with van der Waals surface area (Å²) in [5.74, 6) is 0.0300. The molecule has 0 aliphatic rings. The Morgan fingerprint density at radius 3 is 2.75 bits per heavy atom. The number of aromatic nitrogens is 3. The Kier molecular flexibility index (Phi) is 2.18. The predicted molar refractivity (Wildman–Crippen MR) is 60.0 cm³/mol. The maximum Gasteiger partial charge on any atom is 0.285 e.